The lowest BCUT2D eigenvalue weighted by molar-refractivity contribution is -0.384. The van der Waals surface area contributed by atoms with Crippen LogP contribution in [0.1, 0.15) is 5.56 Å². The van der Waals surface area contributed by atoms with E-state index < -0.39 is 20.8 Å². The van der Waals surface area contributed by atoms with E-state index in [0.717, 1.165) is 10.4 Å². The SMILES string of the molecule is N#Cc1ccc(N2CCN(S(=O)(=O)c3ccccc3F)CC2)c([N+](=O)[O-])c1. The van der Waals surface area contributed by atoms with Gasteiger partial charge in [0.05, 0.1) is 16.6 Å². The first-order chi connectivity index (χ1) is 12.8. The van der Waals surface area contributed by atoms with Crippen LogP contribution in [0.25, 0.3) is 0 Å². The van der Waals surface area contributed by atoms with Crippen LogP contribution in [0.4, 0.5) is 15.8 Å². The number of piperazine rings is 1. The van der Waals surface area contributed by atoms with E-state index >= 15 is 0 Å². The van der Waals surface area contributed by atoms with Crippen LogP contribution < -0.4 is 4.90 Å². The largest absolute Gasteiger partial charge is 0.363 e. The number of hydrogen-bond donors (Lipinski definition) is 0. The molecule has 1 aliphatic heterocycles. The van der Waals surface area contributed by atoms with Gasteiger partial charge in [-0.05, 0) is 24.3 Å². The summed E-state index contributed by atoms with van der Waals surface area (Å²) in [6.07, 6.45) is 0. The molecule has 0 N–H and O–H groups in total. The van der Waals surface area contributed by atoms with E-state index in [4.69, 9.17) is 5.26 Å². The maximum atomic E-state index is 13.9. The number of rotatable bonds is 4. The summed E-state index contributed by atoms with van der Waals surface area (Å²) in [6.45, 7) is 0.544. The Bertz CT molecular complexity index is 1030. The van der Waals surface area contributed by atoms with E-state index in [9.17, 15) is 22.9 Å². The van der Waals surface area contributed by atoms with Crippen molar-refractivity contribution in [3.05, 3.63) is 64.0 Å². The highest BCUT2D eigenvalue weighted by molar-refractivity contribution is 7.89. The van der Waals surface area contributed by atoms with Crippen LogP contribution in [0.3, 0.4) is 0 Å². The normalized spacial score (nSPS) is 15.3. The standard InChI is InChI=1S/C17H15FN4O4S/c18-14-3-1-2-4-17(14)27(25,26)21-9-7-20(8-10-21)15-6-5-13(12-19)11-16(15)22(23)24/h1-6,11H,7-10H2. The maximum absolute atomic E-state index is 13.9. The summed E-state index contributed by atoms with van der Waals surface area (Å²) in [4.78, 5) is 12.0. The molecular formula is C17H15FN4O4S. The van der Waals surface area contributed by atoms with Gasteiger partial charge in [-0.15, -0.1) is 0 Å². The Morgan fingerprint density at radius 2 is 1.78 bits per heavy atom. The molecule has 10 heteroatoms. The van der Waals surface area contributed by atoms with Crippen molar-refractivity contribution in [3.8, 4) is 6.07 Å². The lowest BCUT2D eigenvalue weighted by Gasteiger charge is -2.35. The third kappa shape index (κ3) is 3.60. The van der Waals surface area contributed by atoms with E-state index in [1.165, 1.54) is 36.4 Å². The van der Waals surface area contributed by atoms with E-state index in [1.54, 1.807) is 4.90 Å². The fraction of sp³-hybridized carbons (Fsp3) is 0.235. The molecule has 0 spiro atoms. The van der Waals surface area contributed by atoms with Crippen molar-refractivity contribution in [1.82, 2.24) is 4.31 Å². The average molecular weight is 390 g/mol. The molecule has 0 saturated carbocycles. The second kappa shape index (κ2) is 7.30. The van der Waals surface area contributed by atoms with Gasteiger partial charge in [-0.3, -0.25) is 10.1 Å². The number of nitro benzene ring substituents is 1. The van der Waals surface area contributed by atoms with Crippen LogP contribution in [0.2, 0.25) is 0 Å². The molecule has 0 amide bonds. The molecule has 3 rings (SSSR count). The molecule has 1 heterocycles. The van der Waals surface area contributed by atoms with Gasteiger partial charge < -0.3 is 4.90 Å². The smallest absolute Gasteiger partial charge is 0.293 e. The summed E-state index contributed by atoms with van der Waals surface area (Å²) in [5.74, 6) is -0.817. The summed E-state index contributed by atoms with van der Waals surface area (Å²) in [5, 5.41) is 20.2. The predicted molar refractivity (Wildman–Crippen MR) is 95.2 cm³/mol. The fourth-order valence-electron chi connectivity index (χ4n) is 2.97. The van der Waals surface area contributed by atoms with Crippen molar-refractivity contribution in [2.24, 2.45) is 0 Å². The number of nitro groups is 1. The van der Waals surface area contributed by atoms with E-state index in [0.29, 0.717) is 5.69 Å². The number of hydrogen-bond acceptors (Lipinski definition) is 6. The number of anilines is 1. The first-order valence-corrected chi connectivity index (χ1v) is 9.47. The van der Waals surface area contributed by atoms with Gasteiger partial charge in [0, 0.05) is 32.2 Å². The van der Waals surface area contributed by atoms with E-state index in [-0.39, 0.29) is 42.3 Å². The Morgan fingerprint density at radius 3 is 2.37 bits per heavy atom. The molecule has 0 aliphatic carbocycles. The summed E-state index contributed by atoms with van der Waals surface area (Å²) in [5.41, 5.74) is 0.285. The molecule has 8 nitrogen and oxygen atoms in total. The molecule has 140 valence electrons. The number of sulfonamides is 1. The fourth-order valence-corrected chi connectivity index (χ4v) is 4.46. The van der Waals surface area contributed by atoms with Crippen molar-refractivity contribution < 1.29 is 17.7 Å². The molecule has 0 radical (unpaired) electrons. The monoisotopic (exact) mass is 390 g/mol. The second-order valence-electron chi connectivity index (χ2n) is 5.89. The van der Waals surface area contributed by atoms with Crippen molar-refractivity contribution in [2.45, 2.75) is 4.90 Å². The molecule has 2 aromatic rings. The molecule has 0 unspecified atom stereocenters. The Morgan fingerprint density at radius 1 is 1.11 bits per heavy atom. The van der Waals surface area contributed by atoms with Crippen molar-refractivity contribution in [1.29, 1.82) is 5.26 Å². The zero-order valence-electron chi connectivity index (χ0n) is 14.1. The summed E-state index contributed by atoms with van der Waals surface area (Å²) in [6, 6.07) is 11.2. The van der Waals surface area contributed by atoms with Gasteiger partial charge in [0.25, 0.3) is 5.69 Å². The molecule has 1 fully saturated rings. The molecular weight excluding hydrogens is 375 g/mol. The van der Waals surface area contributed by atoms with Crippen LogP contribution in [0.5, 0.6) is 0 Å². The number of nitrogens with zero attached hydrogens (tertiary/aromatic N) is 4. The average Bonchev–Trinajstić information content (AvgIpc) is 2.67. The molecule has 1 aliphatic rings. The van der Waals surface area contributed by atoms with Crippen molar-refractivity contribution >= 4 is 21.4 Å². The molecule has 0 atom stereocenters. The van der Waals surface area contributed by atoms with Crippen molar-refractivity contribution in [2.75, 3.05) is 31.1 Å². The molecule has 2 aromatic carbocycles. The Labute approximate surface area is 155 Å². The number of halogens is 1. The lowest BCUT2D eigenvalue weighted by Crippen LogP contribution is -2.49. The van der Waals surface area contributed by atoms with Crippen LogP contribution >= 0.6 is 0 Å². The third-order valence-electron chi connectivity index (χ3n) is 4.34. The number of benzene rings is 2. The molecule has 0 aromatic heterocycles. The summed E-state index contributed by atoms with van der Waals surface area (Å²) < 4.78 is 40.3. The van der Waals surface area contributed by atoms with Gasteiger partial charge in [0.1, 0.15) is 16.4 Å². The zero-order chi connectivity index (χ0) is 19.6. The van der Waals surface area contributed by atoms with Gasteiger partial charge in [0.2, 0.25) is 10.0 Å². The van der Waals surface area contributed by atoms with Crippen LogP contribution in [0.15, 0.2) is 47.4 Å². The van der Waals surface area contributed by atoms with Gasteiger partial charge in [0.15, 0.2) is 0 Å². The highest BCUT2D eigenvalue weighted by Crippen LogP contribution is 2.31. The highest BCUT2D eigenvalue weighted by atomic mass is 32.2. The molecule has 0 bridgehead atoms. The van der Waals surface area contributed by atoms with Gasteiger partial charge >= 0.3 is 0 Å². The minimum absolute atomic E-state index is 0.0633. The minimum Gasteiger partial charge on any atom is -0.363 e. The Kier molecular flexibility index (Phi) is 5.07. The van der Waals surface area contributed by atoms with E-state index in [2.05, 4.69) is 0 Å². The topological polar surface area (TPSA) is 108 Å². The third-order valence-corrected chi connectivity index (χ3v) is 6.27. The first kappa shape index (κ1) is 18.8. The molecule has 1 saturated heterocycles. The van der Waals surface area contributed by atoms with Gasteiger partial charge in [-0.1, -0.05) is 12.1 Å². The quantitative estimate of drug-likeness (QED) is 0.584. The number of nitriles is 1. The van der Waals surface area contributed by atoms with Crippen LogP contribution in [0, 0.1) is 27.3 Å². The zero-order valence-corrected chi connectivity index (χ0v) is 14.9. The summed E-state index contributed by atoms with van der Waals surface area (Å²) in [7, 11) is -3.98. The lowest BCUT2D eigenvalue weighted by atomic mass is 10.1. The maximum Gasteiger partial charge on any atom is 0.293 e. The van der Waals surface area contributed by atoms with Crippen LogP contribution in [-0.4, -0.2) is 43.8 Å². The van der Waals surface area contributed by atoms with E-state index in [1.807, 2.05) is 6.07 Å². The summed E-state index contributed by atoms with van der Waals surface area (Å²) >= 11 is 0. The van der Waals surface area contributed by atoms with Gasteiger partial charge in [-0.25, -0.2) is 12.8 Å². The second-order valence-corrected chi connectivity index (χ2v) is 7.80. The van der Waals surface area contributed by atoms with Gasteiger partial charge in [-0.2, -0.15) is 9.57 Å². The predicted octanol–water partition coefficient (Wildman–Crippen LogP) is 2.12. The highest BCUT2D eigenvalue weighted by Gasteiger charge is 2.32. The van der Waals surface area contributed by atoms with Crippen molar-refractivity contribution in [3.63, 3.8) is 0 Å². The van der Waals surface area contributed by atoms with Crippen LogP contribution in [-0.2, 0) is 10.0 Å². The Hall–Kier alpha value is -3.03. The first-order valence-electron chi connectivity index (χ1n) is 8.03. The minimum atomic E-state index is -3.98. The molecule has 27 heavy (non-hydrogen) atoms. The Balaban J connectivity index is 1.81.